The van der Waals surface area contributed by atoms with E-state index >= 15 is 0 Å². The summed E-state index contributed by atoms with van der Waals surface area (Å²) in [6.07, 6.45) is 0. The van der Waals surface area contributed by atoms with Gasteiger partial charge in [0, 0.05) is 0 Å². The van der Waals surface area contributed by atoms with Crippen molar-refractivity contribution in [1.82, 2.24) is 0 Å². The van der Waals surface area contributed by atoms with Gasteiger partial charge in [-0.1, -0.05) is 0 Å². The van der Waals surface area contributed by atoms with Crippen LogP contribution in [0.15, 0.2) is 12.1 Å². The van der Waals surface area contributed by atoms with Crippen LogP contribution in [-0.2, 0) is 4.28 Å². The molecular weight excluding hydrogens is 685 g/mol. The monoisotopic (exact) mass is 755 g/mol. The van der Waals surface area contributed by atoms with E-state index in [1.54, 1.807) is 25.9 Å². The van der Waals surface area contributed by atoms with Crippen LogP contribution in [0.1, 0.15) is 27.0 Å². The van der Waals surface area contributed by atoms with Crippen molar-refractivity contribution < 1.29 is 0 Å². The molecule has 1 rings (SSSR count). The summed E-state index contributed by atoms with van der Waals surface area (Å²) in [5.74, 6) is 0. The summed E-state index contributed by atoms with van der Waals surface area (Å²) in [5.41, 5.74) is 5.51. The Hall–Kier alpha value is 1.53. The van der Waals surface area contributed by atoms with Gasteiger partial charge in [-0.05, 0) is 0 Å². The van der Waals surface area contributed by atoms with Crippen LogP contribution in [-0.4, -0.2) is 78.8 Å². The molecule has 0 aliphatic rings. The van der Waals surface area contributed by atoms with Crippen molar-refractivity contribution >= 4 is 82.4 Å². The molecular formula is C30H69Si7Te+. The molecule has 0 heterocycles. The van der Waals surface area contributed by atoms with Crippen molar-refractivity contribution in [3.8, 4) is 0 Å². The van der Waals surface area contributed by atoms with Crippen molar-refractivity contribution in [2.24, 2.45) is 0 Å². The van der Waals surface area contributed by atoms with Gasteiger partial charge in [-0.2, -0.15) is 0 Å². The first kappa shape index (κ1) is 37.6. The Kier molecular flexibility index (Phi) is 11.1. The van der Waals surface area contributed by atoms with E-state index in [1.165, 1.54) is 0 Å². The van der Waals surface area contributed by atoms with Crippen LogP contribution < -0.4 is 3.61 Å². The first-order valence-electron chi connectivity index (χ1n) is 15.1. The summed E-state index contributed by atoms with van der Waals surface area (Å²) in [6, 6.07) is 5.82. The standard InChI is InChI=1S/C30H68Si7Te/c1-31(2,3)28(32(4,5)6)25-22-24(30(35(13,14)15,36(16,17)18)37(19,20)21)23-26(27(25)38)29(33(7,8)9)34(10,11)12/h22-23,28-29,38H,1-21H3/p+1. The quantitative estimate of drug-likeness (QED) is 0.209. The molecule has 0 aliphatic heterocycles. The minimum atomic E-state index is -1.59. The molecule has 0 amide bonds. The second kappa shape index (κ2) is 11.2. The zero-order valence-electron chi connectivity index (χ0n) is 29.8. The number of hydrogen-bond acceptors (Lipinski definition) is 0. The fourth-order valence-corrected chi connectivity index (χ4v) is 68.8. The molecule has 0 aromatic heterocycles. The van der Waals surface area contributed by atoms with Gasteiger partial charge in [0.15, 0.2) is 0 Å². The van der Waals surface area contributed by atoms with E-state index in [1.807, 2.05) is 16.7 Å². The van der Waals surface area contributed by atoms with Crippen LogP contribution in [0.5, 0.6) is 0 Å². The maximum atomic E-state index is 2.91. The molecule has 0 unspecified atom stereocenters. The van der Waals surface area contributed by atoms with Crippen LogP contribution in [0.3, 0.4) is 0 Å². The van der Waals surface area contributed by atoms with Gasteiger partial charge < -0.3 is 0 Å². The molecule has 1 aromatic rings. The third-order valence-electron chi connectivity index (χ3n) is 9.09. The van der Waals surface area contributed by atoms with E-state index in [9.17, 15) is 0 Å². The molecule has 0 nitrogen and oxygen atoms in total. The zero-order chi connectivity index (χ0) is 30.9. The molecule has 0 bridgehead atoms. The van der Waals surface area contributed by atoms with Crippen molar-refractivity contribution in [1.29, 1.82) is 0 Å². The van der Waals surface area contributed by atoms with Gasteiger partial charge >= 0.3 is 263 Å². The molecule has 0 aliphatic carbocycles. The van der Waals surface area contributed by atoms with Gasteiger partial charge in [0.25, 0.3) is 0 Å². The van der Waals surface area contributed by atoms with E-state index in [0.717, 1.165) is 10.3 Å². The average Bonchev–Trinajstić information content (AvgIpc) is 2.49. The third kappa shape index (κ3) is 7.35. The van der Waals surface area contributed by atoms with Gasteiger partial charge in [0.1, 0.15) is 0 Å². The van der Waals surface area contributed by atoms with Crippen molar-refractivity contribution in [3.63, 3.8) is 0 Å². The second-order valence-electron chi connectivity index (χ2n) is 19.9. The first-order valence-corrected chi connectivity index (χ1v) is 41.4. The molecule has 0 radical (unpaired) electrons. The van der Waals surface area contributed by atoms with Crippen LogP contribution in [0.2, 0.25) is 137 Å². The topological polar surface area (TPSA) is 0 Å². The van der Waals surface area contributed by atoms with E-state index in [4.69, 9.17) is 0 Å². The molecule has 8 heteroatoms. The molecule has 0 atom stereocenters. The summed E-state index contributed by atoms with van der Waals surface area (Å²) >= 11 is 1.67. The average molecular weight is 754 g/mol. The Balaban J connectivity index is 4.70. The van der Waals surface area contributed by atoms with Crippen molar-refractivity contribution in [2.45, 2.75) is 152 Å². The number of benzene rings is 1. The molecule has 0 spiro atoms. The summed E-state index contributed by atoms with van der Waals surface area (Å²) in [7, 11) is -10.5. The first-order chi connectivity index (χ1) is 16.2. The minimum absolute atomic E-state index is 0.438. The SMILES string of the molecule is C[Si](C)(C)C(c1cc(C([Si](C)(C)C)([Si](C)(C)C)[Si](C)(C)C)cc(C([Si](C)(C)C)[Si](C)(C)C)c1[TeH2+])[Si](C)(C)C. The Morgan fingerprint density at radius 1 is 0.447 bits per heavy atom. The Morgan fingerprint density at radius 2 is 0.658 bits per heavy atom. The predicted molar refractivity (Wildman–Crippen MR) is 205 cm³/mol. The predicted octanol–water partition coefficient (Wildman–Crippen LogP) is 9.49. The summed E-state index contributed by atoms with van der Waals surface area (Å²) in [4.78, 5) is 0. The molecule has 0 saturated heterocycles. The van der Waals surface area contributed by atoms with E-state index < -0.39 is 56.5 Å². The van der Waals surface area contributed by atoms with Gasteiger partial charge in [0.05, 0.1) is 0 Å². The number of hydrogen-bond donors (Lipinski definition) is 0. The maximum absolute atomic E-state index is 2.91. The molecule has 0 saturated carbocycles. The van der Waals surface area contributed by atoms with Gasteiger partial charge in [-0.25, -0.2) is 0 Å². The molecule has 1 aromatic carbocycles. The van der Waals surface area contributed by atoms with Gasteiger partial charge in [-0.15, -0.1) is 0 Å². The van der Waals surface area contributed by atoms with Crippen LogP contribution in [0, 0.1) is 0 Å². The molecule has 38 heavy (non-hydrogen) atoms. The second-order valence-corrected chi connectivity index (χ2v) is 60.9. The summed E-state index contributed by atoms with van der Waals surface area (Å²) in [6.45, 7) is 56.7. The third-order valence-corrected chi connectivity index (χ3v) is 50.4. The van der Waals surface area contributed by atoms with E-state index in [-0.39, 0.29) is 0 Å². The fourth-order valence-electron chi connectivity index (χ4n) is 10.5. The molecule has 0 fully saturated rings. The van der Waals surface area contributed by atoms with E-state index in [0.29, 0.717) is 4.28 Å². The Morgan fingerprint density at radius 3 is 0.816 bits per heavy atom. The fraction of sp³-hybridized carbons (Fsp3) is 0.800. The molecule has 222 valence electrons. The van der Waals surface area contributed by atoms with Gasteiger partial charge in [0.2, 0.25) is 0 Å². The van der Waals surface area contributed by atoms with Crippen molar-refractivity contribution in [2.75, 3.05) is 0 Å². The van der Waals surface area contributed by atoms with E-state index in [2.05, 4.69) is 150 Å². The zero-order valence-corrected chi connectivity index (χ0v) is 39.7. The van der Waals surface area contributed by atoms with Crippen LogP contribution in [0.4, 0.5) is 0 Å². The van der Waals surface area contributed by atoms with Crippen molar-refractivity contribution in [3.05, 3.63) is 28.8 Å². The molecule has 0 N–H and O–H groups in total. The Bertz CT molecular complexity index is 866. The summed E-state index contributed by atoms with van der Waals surface area (Å²) < 4.78 is 2.23. The number of rotatable bonds is 10. The summed E-state index contributed by atoms with van der Waals surface area (Å²) in [5, 5.41) is 1.63. The van der Waals surface area contributed by atoms with Crippen LogP contribution in [0.25, 0.3) is 0 Å². The van der Waals surface area contributed by atoms with Gasteiger partial charge in [-0.3, -0.25) is 0 Å². The van der Waals surface area contributed by atoms with Crippen LogP contribution >= 0.6 is 0 Å². The Labute approximate surface area is 261 Å². The normalized spacial score (nSPS) is 15.6.